The molecule has 116 valence electrons. The van der Waals surface area contributed by atoms with Crippen LogP contribution in [0.2, 0.25) is 0 Å². The average Bonchev–Trinajstić information content (AvgIpc) is 2.37. The number of carbonyl (C=O) groups is 1. The molecule has 0 N–H and O–H groups in total. The number of sulfonamides is 1. The first kappa shape index (κ1) is 17.1. The van der Waals surface area contributed by atoms with Crippen molar-refractivity contribution in [3.8, 4) is 0 Å². The second-order valence-electron chi connectivity index (χ2n) is 4.73. The summed E-state index contributed by atoms with van der Waals surface area (Å²) in [6.07, 6.45) is 0. The Balaban J connectivity index is 3.32. The molecule has 1 amide bonds. The maximum atomic E-state index is 12.5. The molecule has 8 nitrogen and oxygen atoms in total. The van der Waals surface area contributed by atoms with E-state index in [2.05, 4.69) is 0 Å². The largest absolute Gasteiger partial charge is 0.348 e. The molecule has 1 aromatic carbocycles. The van der Waals surface area contributed by atoms with Gasteiger partial charge in [-0.1, -0.05) is 12.1 Å². The van der Waals surface area contributed by atoms with Crippen molar-refractivity contribution in [1.82, 2.24) is 9.21 Å². The molecule has 0 saturated heterocycles. The van der Waals surface area contributed by atoms with Crippen LogP contribution >= 0.6 is 0 Å². The fourth-order valence-electron chi connectivity index (χ4n) is 1.69. The SMILES string of the molecule is Cc1cccc([N+](=O)[O-])c1S(=O)(=O)N(C)CC(=O)N(C)C. The van der Waals surface area contributed by atoms with E-state index in [1.807, 2.05) is 0 Å². The van der Waals surface area contributed by atoms with E-state index in [0.717, 1.165) is 10.4 Å². The van der Waals surface area contributed by atoms with E-state index in [4.69, 9.17) is 0 Å². The number of nitrogens with zero attached hydrogens (tertiary/aromatic N) is 3. The molecule has 1 aromatic rings. The average molecular weight is 315 g/mol. The molecule has 9 heteroatoms. The minimum atomic E-state index is -4.13. The highest BCUT2D eigenvalue weighted by molar-refractivity contribution is 7.89. The zero-order chi connectivity index (χ0) is 16.4. The molecule has 0 atom stereocenters. The van der Waals surface area contributed by atoms with Gasteiger partial charge in [-0.05, 0) is 12.5 Å². The van der Waals surface area contributed by atoms with Crippen molar-refractivity contribution in [1.29, 1.82) is 0 Å². The van der Waals surface area contributed by atoms with Crippen molar-refractivity contribution in [2.45, 2.75) is 11.8 Å². The van der Waals surface area contributed by atoms with Gasteiger partial charge in [-0.25, -0.2) is 8.42 Å². The van der Waals surface area contributed by atoms with Crippen LogP contribution in [0.5, 0.6) is 0 Å². The Morgan fingerprint density at radius 1 is 1.29 bits per heavy atom. The smallest absolute Gasteiger partial charge is 0.289 e. The van der Waals surface area contributed by atoms with Crippen LogP contribution in [0.25, 0.3) is 0 Å². The zero-order valence-corrected chi connectivity index (χ0v) is 13.0. The molecule has 0 spiro atoms. The number of nitro groups is 1. The second kappa shape index (κ2) is 6.19. The van der Waals surface area contributed by atoms with Crippen molar-refractivity contribution in [3.05, 3.63) is 33.9 Å². The van der Waals surface area contributed by atoms with Crippen molar-refractivity contribution < 1.29 is 18.1 Å². The summed E-state index contributed by atoms with van der Waals surface area (Å²) >= 11 is 0. The summed E-state index contributed by atoms with van der Waals surface area (Å²) in [6, 6.07) is 4.01. The monoisotopic (exact) mass is 315 g/mol. The highest BCUT2D eigenvalue weighted by atomic mass is 32.2. The molecule has 1 rings (SSSR count). The number of carbonyl (C=O) groups excluding carboxylic acids is 1. The van der Waals surface area contributed by atoms with Gasteiger partial charge in [-0.15, -0.1) is 0 Å². The van der Waals surface area contributed by atoms with E-state index in [1.165, 1.54) is 45.1 Å². The van der Waals surface area contributed by atoms with Crippen LogP contribution in [0.3, 0.4) is 0 Å². The van der Waals surface area contributed by atoms with Crippen LogP contribution < -0.4 is 0 Å². The molecule has 0 bridgehead atoms. The molecule has 0 unspecified atom stereocenters. The zero-order valence-electron chi connectivity index (χ0n) is 12.2. The van der Waals surface area contributed by atoms with Gasteiger partial charge in [0.25, 0.3) is 5.69 Å². The van der Waals surface area contributed by atoms with Crippen LogP contribution in [0, 0.1) is 17.0 Å². The minimum absolute atomic E-state index is 0.258. The van der Waals surface area contributed by atoms with E-state index in [9.17, 15) is 23.3 Å². The van der Waals surface area contributed by atoms with Crippen LogP contribution in [-0.4, -0.2) is 56.1 Å². The number of aryl methyl sites for hydroxylation is 1. The number of hydrogen-bond acceptors (Lipinski definition) is 5. The fraction of sp³-hybridized carbons (Fsp3) is 0.417. The third-order valence-electron chi connectivity index (χ3n) is 2.91. The second-order valence-corrected chi connectivity index (χ2v) is 6.71. The van der Waals surface area contributed by atoms with Crippen molar-refractivity contribution >= 4 is 21.6 Å². The van der Waals surface area contributed by atoms with Gasteiger partial charge in [0.05, 0.1) is 11.5 Å². The minimum Gasteiger partial charge on any atom is -0.348 e. The predicted molar refractivity (Wildman–Crippen MR) is 76.3 cm³/mol. The Bertz CT molecular complexity index is 669. The van der Waals surface area contributed by atoms with Crippen molar-refractivity contribution in [3.63, 3.8) is 0 Å². The molecule has 0 aliphatic rings. The highest BCUT2D eigenvalue weighted by Gasteiger charge is 2.32. The molecule has 21 heavy (non-hydrogen) atoms. The van der Waals surface area contributed by atoms with Crippen molar-refractivity contribution in [2.24, 2.45) is 0 Å². The Morgan fingerprint density at radius 3 is 2.33 bits per heavy atom. The summed E-state index contributed by atoms with van der Waals surface area (Å²) in [7, 11) is 0.0835. The molecule has 0 aliphatic heterocycles. The number of benzene rings is 1. The quantitative estimate of drug-likeness (QED) is 0.585. The van der Waals surface area contributed by atoms with Gasteiger partial charge >= 0.3 is 0 Å². The summed E-state index contributed by atoms with van der Waals surface area (Å²) in [5.74, 6) is -0.419. The normalized spacial score (nSPS) is 11.5. The summed E-state index contributed by atoms with van der Waals surface area (Å²) in [5.41, 5.74) is -0.243. The maximum absolute atomic E-state index is 12.5. The number of hydrogen-bond donors (Lipinski definition) is 0. The lowest BCUT2D eigenvalue weighted by Crippen LogP contribution is -2.38. The lowest BCUT2D eigenvalue weighted by molar-refractivity contribution is -0.387. The highest BCUT2D eigenvalue weighted by Crippen LogP contribution is 2.29. The van der Waals surface area contributed by atoms with E-state index < -0.39 is 26.5 Å². The molecule has 0 radical (unpaired) electrons. The van der Waals surface area contributed by atoms with Crippen LogP contribution in [0.4, 0.5) is 5.69 Å². The Morgan fingerprint density at radius 2 is 1.86 bits per heavy atom. The first-order chi connectivity index (χ1) is 9.59. The van der Waals surface area contributed by atoms with Gasteiger partial charge in [-0.2, -0.15) is 4.31 Å². The number of nitro benzene ring substituents is 1. The van der Waals surface area contributed by atoms with E-state index in [-0.39, 0.29) is 17.0 Å². The fourth-order valence-corrected chi connectivity index (χ4v) is 3.16. The number of likely N-dealkylation sites (N-methyl/N-ethyl adjacent to an activating group) is 2. The predicted octanol–water partition coefficient (Wildman–Crippen LogP) is 0.612. The standard InChI is InChI=1S/C12H17N3O5S/c1-9-6-5-7-10(15(17)18)12(9)21(19,20)14(4)8-11(16)13(2)3/h5-7H,8H2,1-4H3. The molecule has 0 fully saturated rings. The molecular formula is C12H17N3O5S. The van der Waals surface area contributed by atoms with Gasteiger partial charge in [0.2, 0.25) is 15.9 Å². The van der Waals surface area contributed by atoms with Crippen LogP contribution in [0.1, 0.15) is 5.56 Å². The number of rotatable bonds is 5. The molecule has 0 aliphatic carbocycles. The van der Waals surface area contributed by atoms with Gasteiger partial charge < -0.3 is 4.90 Å². The summed E-state index contributed by atoms with van der Waals surface area (Å²) in [6.45, 7) is 1.09. The topological polar surface area (TPSA) is 101 Å². The Kier molecular flexibility index (Phi) is 5.02. The van der Waals surface area contributed by atoms with Crippen LogP contribution in [0.15, 0.2) is 23.1 Å². The van der Waals surface area contributed by atoms with Gasteiger partial charge in [0.15, 0.2) is 4.90 Å². The first-order valence-electron chi connectivity index (χ1n) is 5.99. The summed E-state index contributed by atoms with van der Waals surface area (Å²) < 4.78 is 25.8. The lowest BCUT2D eigenvalue weighted by atomic mass is 10.2. The molecule has 0 saturated carbocycles. The van der Waals surface area contributed by atoms with Gasteiger partial charge in [-0.3, -0.25) is 14.9 Å². The molecule has 0 heterocycles. The third-order valence-corrected chi connectivity index (χ3v) is 4.91. The lowest BCUT2D eigenvalue weighted by Gasteiger charge is -2.19. The Labute approximate surface area is 123 Å². The molecular weight excluding hydrogens is 298 g/mol. The summed E-state index contributed by atoms with van der Waals surface area (Å²) in [5, 5.41) is 11.0. The van der Waals surface area contributed by atoms with Crippen molar-refractivity contribution in [2.75, 3.05) is 27.7 Å². The maximum Gasteiger partial charge on any atom is 0.289 e. The Hall–Kier alpha value is -2.00. The summed E-state index contributed by atoms with van der Waals surface area (Å²) in [4.78, 5) is 22.8. The van der Waals surface area contributed by atoms with E-state index in [0.29, 0.717) is 0 Å². The van der Waals surface area contributed by atoms with E-state index in [1.54, 1.807) is 0 Å². The number of amides is 1. The van der Waals surface area contributed by atoms with Gasteiger partial charge in [0.1, 0.15) is 0 Å². The van der Waals surface area contributed by atoms with Crippen LogP contribution in [-0.2, 0) is 14.8 Å². The molecule has 0 aromatic heterocycles. The van der Waals surface area contributed by atoms with Gasteiger partial charge in [0, 0.05) is 27.2 Å². The third kappa shape index (κ3) is 3.56. The first-order valence-corrected chi connectivity index (χ1v) is 7.43. The van der Waals surface area contributed by atoms with E-state index >= 15 is 0 Å².